The number of rotatable bonds is 21. The Labute approximate surface area is 351 Å². The maximum atomic E-state index is 13.0. The number of nitrogens with one attached hydrogen (secondary N) is 4. The number of aliphatic hydroxyl groups excluding tert-OH is 3. The number of fused-ring (bicyclic) bond motifs is 2. The van der Waals surface area contributed by atoms with E-state index < -0.39 is 24.1 Å². The van der Waals surface area contributed by atoms with Crippen LogP contribution in [0.4, 0.5) is 4.79 Å². The molecule has 0 spiro atoms. The average molecular weight is 858 g/mol. The molecule has 20 heteroatoms. The van der Waals surface area contributed by atoms with Crippen molar-refractivity contribution in [2.24, 2.45) is 0 Å². The van der Waals surface area contributed by atoms with Gasteiger partial charge >= 0.3 is 6.03 Å². The van der Waals surface area contributed by atoms with Gasteiger partial charge in [-0.2, -0.15) is 11.8 Å². The van der Waals surface area contributed by atoms with Crippen molar-refractivity contribution < 1.29 is 44.1 Å². The fourth-order valence-corrected chi connectivity index (χ4v) is 10.3. The summed E-state index contributed by atoms with van der Waals surface area (Å²) in [6, 6.07) is 5.14. The van der Waals surface area contributed by atoms with E-state index >= 15 is 0 Å². The fraction of sp³-hybridized carbons (Fsp3) is 0.641. The molecule has 7 amide bonds. The molecule has 1 aromatic heterocycles. The third kappa shape index (κ3) is 12.3. The number of likely N-dealkylation sites (tertiary alicyclic amines) is 1. The highest BCUT2D eigenvalue weighted by Gasteiger charge is 2.42. The Morgan fingerprint density at radius 2 is 1.76 bits per heavy atom. The Morgan fingerprint density at radius 3 is 2.56 bits per heavy atom. The number of carbonyl (C=O) groups is 6. The lowest BCUT2D eigenvalue weighted by Gasteiger charge is -2.35. The number of imide groups is 1. The monoisotopic (exact) mass is 857 g/mol. The minimum atomic E-state index is -1.28. The van der Waals surface area contributed by atoms with E-state index in [0.717, 1.165) is 25.0 Å². The standard InChI is InChI=1S/C39H55N9O9S2/c49-22-30(51)29(50)19-25-21-42-27-18-24(7-8-26(27)43-25)37(55)41-9-3-5-33(52)40-10-17-58-32-20-35(54)48(38(32)56)16-13-46-11-14-47(15-12-46)34(53)6-2-1-4-31-36-28(23-59-31)44-39(57)45-36/h7-8,18,21,28-32,36,49-51H,1-6,9-17,19-20,22-23H2,(H,40,52)(H,41,55)(H2,44,45,57). The van der Waals surface area contributed by atoms with Gasteiger partial charge < -0.3 is 41.5 Å². The smallest absolute Gasteiger partial charge is 0.315 e. The number of hydrogen-bond donors (Lipinski definition) is 7. The van der Waals surface area contributed by atoms with E-state index in [4.69, 9.17) is 5.11 Å². The highest BCUT2D eigenvalue weighted by Crippen LogP contribution is 2.33. The van der Waals surface area contributed by atoms with E-state index in [9.17, 15) is 39.0 Å². The lowest BCUT2D eigenvalue weighted by molar-refractivity contribution is -0.138. The fourth-order valence-electron chi connectivity index (χ4n) is 7.70. The van der Waals surface area contributed by atoms with E-state index in [1.54, 1.807) is 18.2 Å². The maximum Gasteiger partial charge on any atom is 0.315 e. The Bertz CT molecular complexity index is 1830. The van der Waals surface area contributed by atoms with Gasteiger partial charge in [0.1, 0.15) is 6.10 Å². The second-order valence-electron chi connectivity index (χ2n) is 15.3. The molecule has 0 aliphatic carbocycles. The summed E-state index contributed by atoms with van der Waals surface area (Å²) in [7, 11) is 0. The number of nitrogens with zero attached hydrogens (tertiary/aromatic N) is 5. The number of amides is 7. The summed E-state index contributed by atoms with van der Waals surface area (Å²) in [4.78, 5) is 89.4. The van der Waals surface area contributed by atoms with Gasteiger partial charge in [0.2, 0.25) is 23.6 Å². The summed E-state index contributed by atoms with van der Waals surface area (Å²) in [5.41, 5.74) is 1.79. The normalized spacial score (nSPS) is 22.9. The predicted molar refractivity (Wildman–Crippen MR) is 221 cm³/mol. The molecule has 4 aliphatic heterocycles. The molecule has 4 aliphatic rings. The van der Waals surface area contributed by atoms with Crippen molar-refractivity contribution >= 4 is 70.1 Å². The first-order valence-electron chi connectivity index (χ1n) is 20.4. The quantitative estimate of drug-likeness (QED) is 0.0464. The molecule has 0 bridgehead atoms. The molecule has 18 nitrogen and oxygen atoms in total. The lowest BCUT2D eigenvalue weighted by atomic mass is 10.0. The summed E-state index contributed by atoms with van der Waals surface area (Å²) in [6.45, 7) is 3.55. The van der Waals surface area contributed by atoms with Crippen molar-refractivity contribution in [1.82, 2.24) is 45.9 Å². The second kappa shape index (κ2) is 21.4. The molecule has 6 unspecified atom stereocenters. The van der Waals surface area contributed by atoms with Crippen molar-refractivity contribution in [3.8, 4) is 0 Å². The minimum Gasteiger partial charge on any atom is -0.394 e. The van der Waals surface area contributed by atoms with E-state index in [1.807, 2.05) is 16.7 Å². The number of thioether (sulfide) groups is 2. The number of urea groups is 1. The highest BCUT2D eigenvalue weighted by atomic mass is 32.2. The molecular formula is C39H55N9O9S2. The van der Waals surface area contributed by atoms with Crippen LogP contribution in [0.25, 0.3) is 11.0 Å². The van der Waals surface area contributed by atoms with Gasteiger partial charge in [-0.3, -0.25) is 38.8 Å². The zero-order chi connectivity index (χ0) is 41.9. The molecule has 0 radical (unpaired) electrons. The first kappa shape index (κ1) is 44.5. The Hall–Kier alpha value is -4.08. The molecule has 6 rings (SSSR count). The summed E-state index contributed by atoms with van der Waals surface area (Å²) >= 11 is 3.25. The van der Waals surface area contributed by atoms with Gasteiger partial charge in [0.15, 0.2) is 0 Å². The van der Waals surface area contributed by atoms with Crippen LogP contribution in [0.5, 0.6) is 0 Å². The van der Waals surface area contributed by atoms with E-state index in [-0.39, 0.29) is 73.5 Å². The van der Waals surface area contributed by atoms with Gasteiger partial charge in [0.05, 0.1) is 46.8 Å². The molecule has 6 atom stereocenters. The van der Waals surface area contributed by atoms with Crippen molar-refractivity contribution in [1.29, 1.82) is 0 Å². The van der Waals surface area contributed by atoms with Crippen LogP contribution in [-0.4, -0.2) is 181 Å². The Kier molecular flexibility index (Phi) is 16.2. The van der Waals surface area contributed by atoms with Crippen molar-refractivity contribution in [3.05, 3.63) is 35.7 Å². The molecular weight excluding hydrogens is 803 g/mol. The molecule has 322 valence electrons. The first-order chi connectivity index (χ1) is 28.5. The van der Waals surface area contributed by atoms with Gasteiger partial charge in [-0.05, 0) is 37.5 Å². The number of benzene rings is 1. The van der Waals surface area contributed by atoms with Crippen molar-refractivity contribution in [2.75, 3.05) is 70.5 Å². The van der Waals surface area contributed by atoms with Crippen LogP contribution in [0.15, 0.2) is 24.4 Å². The molecule has 1 aromatic carbocycles. The van der Waals surface area contributed by atoms with Gasteiger partial charge in [-0.15, -0.1) is 11.8 Å². The SMILES string of the molecule is O=C(CCCNC(=O)c1ccc2nc(CC(O)C(O)CO)cnc2c1)NCCSC1CC(=O)N(CCN2CCN(C(=O)CCCCC3SCC4NC(=O)NC43)CC2)C1=O. The van der Waals surface area contributed by atoms with Gasteiger partial charge in [-0.1, -0.05) is 6.42 Å². The number of unbranched alkanes of at least 4 members (excludes halogenated alkanes) is 1. The molecule has 2 aromatic rings. The largest absolute Gasteiger partial charge is 0.394 e. The van der Waals surface area contributed by atoms with E-state index in [1.165, 1.54) is 22.9 Å². The summed E-state index contributed by atoms with van der Waals surface area (Å²) in [5, 5.41) is 40.0. The number of aliphatic hydroxyl groups is 3. The maximum absolute atomic E-state index is 13.0. The summed E-state index contributed by atoms with van der Waals surface area (Å²) < 4.78 is 0. The number of carbonyl (C=O) groups excluding carboxylic acids is 6. The highest BCUT2D eigenvalue weighted by molar-refractivity contribution is 8.00. The van der Waals surface area contributed by atoms with Gasteiger partial charge in [0.25, 0.3) is 5.91 Å². The Balaban J connectivity index is 0.788. The minimum absolute atomic E-state index is 0.0122. The number of aromatic nitrogens is 2. The average Bonchev–Trinajstić information content (AvgIpc) is 3.88. The van der Waals surface area contributed by atoms with Crippen LogP contribution in [0.3, 0.4) is 0 Å². The zero-order valence-corrected chi connectivity index (χ0v) is 34.7. The van der Waals surface area contributed by atoms with Crippen molar-refractivity contribution in [2.45, 2.75) is 86.2 Å². The molecule has 4 saturated heterocycles. The van der Waals surface area contributed by atoms with Gasteiger partial charge in [-0.25, -0.2) is 9.78 Å². The second-order valence-corrected chi connectivity index (χ2v) is 17.9. The molecule has 0 saturated carbocycles. The van der Waals surface area contributed by atoms with Crippen LogP contribution >= 0.6 is 23.5 Å². The van der Waals surface area contributed by atoms with Crippen LogP contribution in [0.1, 0.15) is 61.0 Å². The van der Waals surface area contributed by atoms with Crippen molar-refractivity contribution in [3.63, 3.8) is 0 Å². The molecule has 7 N–H and O–H groups in total. The molecule has 59 heavy (non-hydrogen) atoms. The van der Waals surface area contributed by atoms with Gasteiger partial charge in [0, 0.05) is 107 Å². The molecule has 4 fully saturated rings. The number of hydrogen-bond acceptors (Lipinski definition) is 14. The lowest BCUT2D eigenvalue weighted by Crippen LogP contribution is -2.50. The van der Waals surface area contributed by atoms with Crippen LogP contribution in [-0.2, 0) is 25.6 Å². The third-order valence-corrected chi connectivity index (χ3v) is 13.9. The Morgan fingerprint density at radius 1 is 0.949 bits per heavy atom. The third-order valence-electron chi connectivity index (χ3n) is 11.1. The van der Waals surface area contributed by atoms with Crippen LogP contribution < -0.4 is 21.3 Å². The predicted octanol–water partition coefficient (Wildman–Crippen LogP) is -0.757. The first-order valence-corrected chi connectivity index (χ1v) is 22.5. The number of piperazine rings is 1. The van der Waals surface area contributed by atoms with E-state index in [0.29, 0.717) is 91.9 Å². The van der Waals surface area contributed by atoms with E-state index in [2.05, 4.69) is 36.1 Å². The molecule has 5 heterocycles. The van der Waals surface area contributed by atoms with Crippen LogP contribution in [0.2, 0.25) is 0 Å². The van der Waals surface area contributed by atoms with Crippen LogP contribution in [0, 0.1) is 0 Å². The summed E-state index contributed by atoms with van der Waals surface area (Å²) in [6.07, 6.45) is 3.02. The zero-order valence-electron chi connectivity index (χ0n) is 33.1. The topological polar surface area (TPSA) is 247 Å². The summed E-state index contributed by atoms with van der Waals surface area (Å²) in [5.74, 6) is 0.667.